The number of carboxylic acid groups (broad SMARTS) is 1. The van der Waals surface area contributed by atoms with Crippen LogP contribution < -0.4 is 10.0 Å². The Hall–Kier alpha value is -1.83. The van der Waals surface area contributed by atoms with Crippen LogP contribution in [0.15, 0.2) is 18.3 Å². The summed E-state index contributed by atoms with van der Waals surface area (Å²) in [7, 11) is -3.88. The molecule has 1 aliphatic rings. The van der Waals surface area contributed by atoms with Crippen molar-refractivity contribution in [1.29, 1.82) is 0 Å². The predicted octanol–water partition coefficient (Wildman–Crippen LogP) is -0.343. The van der Waals surface area contributed by atoms with Crippen LogP contribution >= 0.6 is 0 Å². The summed E-state index contributed by atoms with van der Waals surface area (Å²) in [6.45, 7) is 0.107. The lowest BCUT2D eigenvalue weighted by Crippen LogP contribution is -2.33. The molecule has 0 aliphatic carbocycles. The van der Waals surface area contributed by atoms with Crippen LogP contribution in [-0.4, -0.2) is 36.3 Å². The van der Waals surface area contributed by atoms with Gasteiger partial charge in [0.15, 0.2) is 5.25 Å². The lowest BCUT2D eigenvalue weighted by Gasteiger charge is -2.16. The lowest BCUT2D eigenvalue weighted by atomic mass is 10.3. The molecule has 3 N–H and O–H groups in total. The van der Waals surface area contributed by atoms with E-state index in [0.29, 0.717) is 5.69 Å². The summed E-state index contributed by atoms with van der Waals surface area (Å²) in [5.74, 6) is -1.18. The van der Waals surface area contributed by atoms with E-state index >= 15 is 0 Å². The molecule has 17 heavy (non-hydrogen) atoms. The molecule has 0 aromatic carbocycles. The predicted molar refractivity (Wildman–Crippen MR) is 61.0 cm³/mol. The van der Waals surface area contributed by atoms with Crippen molar-refractivity contribution in [1.82, 2.24) is 4.98 Å². The molecule has 2 rings (SSSR count). The highest BCUT2D eigenvalue weighted by molar-refractivity contribution is 7.94. The van der Waals surface area contributed by atoms with E-state index < -0.39 is 21.2 Å². The van der Waals surface area contributed by atoms with Crippen LogP contribution in [0.3, 0.4) is 0 Å². The quantitative estimate of drug-likeness (QED) is 0.749. The first-order valence-electron chi connectivity index (χ1n) is 4.89. The molecule has 92 valence electrons. The number of aliphatic carboxylic acids is 1. The number of pyridine rings is 1. The molecule has 1 unspecified atom stereocenters. The van der Waals surface area contributed by atoms with E-state index in [0.717, 1.165) is 4.31 Å². The highest BCUT2D eigenvalue weighted by Crippen LogP contribution is 2.27. The molecule has 1 aromatic heterocycles. The second-order valence-electron chi connectivity index (χ2n) is 3.68. The highest BCUT2D eigenvalue weighted by atomic mass is 32.2. The molecule has 1 fully saturated rings. The largest absolute Gasteiger partial charge is 0.480 e. The first-order chi connectivity index (χ1) is 7.93. The number of nitrogen functional groups attached to an aromatic ring is 1. The van der Waals surface area contributed by atoms with Gasteiger partial charge in [-0.25, -0.2) is 13.4 Å². The van der Waals surface area contributed by atoms with Crippen LogP contribution in [0.1, 0.15) is 6.42 Å². The number of sulfonamides is 1. The summed E-state index contributed by atoms with van der Waals surface area (Å²) in [6.07, 6.45) is 1.43. The SMILES string of the molecule is Nc1ccnc(N2CCC(C(=O)O)S2(=O)=O)c1. The fourth-order valence-electron chi connectivity index (χ4n) is 1.73. The monoisotopic (exact) mass is 257 g/mol. The Morgan fingerprint density at radius 3 is 2.82 bits per heavy atom. The summed E-state index contributed by atoms with van der Waals surface area (Å²) >= 11 is 0. The van der Waals surface area contributed by atoms with E-state index in [1.54, 1.807) is 0 Å². The molecular formula is C9H11N3O4S. The molecular weight excluding hydrogens is 246 g/mol. The third kappa shape index (κ3) is 1.91. The summed E-state index contributed by atoms with van der Waals surface area (Å²) in [5, 5.41) is 7.42. The average molecular weight is 257 g/mol. The fourth-order valence-corrected chi connectivity index (χ4v) is 3.42. The highest BCUT2D eigenvalue weighted by Gasteiger charge is 2.44. The van der Waals surface area contributed by atoms with Gasteiger partial charge in [0, 0.05) is 24.5 Å². The molecule has 1 aromatic rings. The van der Waals surface area contributed by atoms with Crippen molar-refractivity contribution in [2.45, 2.75) is 11.7 Å². The topological polar surface area (TPSA) is 114 Å². The Balaban J connectivity index is 2.40. The molecule has 0 spiro atoms. The van der Waals surface area contributed by atoms with Crippen molar-refractivity contribution in [3.63, 3.8) is 0 Å². The number of carbonyl (C=O) groups is 1. The molecule has 0 amide bonds. The first-order valence-corrected chi connectivity index (χ1v) is 6.39. The average Bonchev–Trinajstić information content (AvgIpc) is 2.53. The number of hydrogen-bond donors (Lipinski definition) is 2. The number of rotatable bonds is 2. The summed E-state index contributed by atoms with van der Waals surface area (Å²) in [4.78, 5) is 14.7. The van der Waals surface area contributed by atoms with E-state index in [2.05, 4.69) is 4.98 Å². The number of nitrogens with zero attached hydrogens (tertiary/aromatic N) is 2. The summed E-state index contributed by atoms with van der Waals surface area (Å²) in [5.41, 5.74) is 5.91. The summed E-state index contributed by atoms with van der Waals surface area (Å²) in [6, 6.07) is 2.93. The second-order valence-corrected chi connectivity index (χ2v) is 5.72. The molecule has 1 atom stereocenters. The van der Waals surface area contributed by atoms with Crippen LogP contribution in [0.5, 0.6) is 0 Å². The zero-order chi connectivity index (χ0) is 12.6. The van der Waals surface area contributed by atoms with Crippen LogP contribution in [0.2, 0.25) is 0 Å². The van der Waals surface area contributed by atoms with Crippen molar-refractivity contribution in [3.05, 3.63) is 18.3 Å². The molecule has 1 aliphatic heterocycles. The van der Waals surface area contributed by atoms with Gasteiger partial charge in [0.2, 0.25) is 10.0 Å². The van der Waals surface area contributed by atoms with Crippen LogP contribution in [0.4, 0.5) is 11.5 Å². The molecule has 0 saturated carbocycles. The van der Waals surface area contributed by atoms with Gasteiger partial charge in [0.05, 0.1) is 0 Å². The molecule has 2 heterocycles. The Labute approximate surface area is 97.9 Å². The fraction of sp³-hybridized carbons (Fsp3) is 0.333. The van der Waals surface area contributed by atoms with Crippen LogP contribution in [0, 0.1) is 0 Å². The number of carboxylic acids is 1. The normalized spacial score (nSPS) is 22.6. The molecule has 0 radical (unpaired) electrons. The van der Waals surface area contributed by atoms with Gasteiger partial charge in [-0.1, -0.05) is 0 Å². The van der Waals surface area contributed by atoms with Crippen molar-refractivity contribution >= 4 is 27.5 Å². The molecule has 7 nitrogen and oxygen atoms in total. The molecule has 0 bridgehead atoms. The van der Waals surface area contributed by atoms with Gasteiger partial charge in [-0.2, -0.15) is 0 Å². The van der Waals surface area contributed by atoms with E-state index in [1.807, 2.05) is 0 Å². The zero-order valence-electron chi connectivity index (χ0n) is 8.78. The van der Waals surface area contributed by atoms with E-state index in [9.17, 15) is 13.2 Å². The Kier molecular flexibility index (Phi) is 2.66. The third-order valence-electron chi connectivity index (χ3n) is 2.56. The minimum absolute atomic E-state index is 0.0497. The standard InChI is InChI=1S/C9H11N3O4S/c10-6-1-3-11-8(5-6)12-4-2-7(9(13)14)17(12,15)16/h1,3,5,7H,2,4H2,(H2,10,11)(H,13,14). The van der Waals surface area contributed by atoms with E-state index in [-0.39, 0.29) is 18.8 Å². The van der Waals surface area contributed by atoms with Crippen LogP contribution in [-0.2, 0) is 14.8 Å². The zero-order valence-corrected chi connectivity index (χ0v) is 9.59. The van der Waals surface area contributed by atoms with E-state index in [1.165, 1.54) is 18.3 Å². The number of aromatic nitrogens is 1. The number of hydrogen-bond acceptors (Lipinski definition) is 5. The maximum Gasteiger partial charge on any atom is 0.323 e. The third-order valence-corrected chi connectivity index (χ3v) is 4.70. The minimum atomic E-state index is -3.88. The molecule has 1 saturated heterocycles. The van der Waals surface area contributed by atoms with Crippen molar-refractivity contribution < 1.29 is 18.3 Å². The molecule has 8 heteroatoms. The minimum Gasteiger partial charge on any atom is -0.480 e. The van der Waals surface area contributed by atoms with Gasteiger partial charge in [0.1, 0.15) is 5.82 Å². The van der Waals surface area contributed by atoms with E-state index in [4.69, 9.17) is 10.8 Å². The Morgan fingerprint density at radius 1 is 1.59 bits per heavy atom. The Morgan fingerprint density at radius 2 is 2.29 bits per heavy atom. The van der Waals surface area contributed by atoms with Gasteiger partial charge < -0.3 is 10.8 Å². The number of anilines is 2. The van der Waals surface area contributed by atoms with Crippen molar-refractivity contribution in [2.24, 2.45) is 0 Å². The number of nitrogens with two attached hydrogens (primary N) is 1. The summed E-state index contributed by atoms with van der Waals surface area (Å²) < 4.78 is 24.8. The Bertz CT molecular complexity index is 557. The van der Waals surface area contributed by atoms with Gasteiger partial charge in [0.25, 0.3) is 0 Å². The van der Waals surface area contributed by atoms with Gasteiger partial charge in [-0.3, -0.25) is 9.10 Å². The lowest BCUT2D eigenvalue weighted by molar-refractivity contribution is -0.136. The maximum atomic E-state index is 11.9. The van der Waals surface area contributed by atoms with Gasteiger partial charge in [-0.15, -0.1) is 0 Å². The second kappa shape index (κ2) is 3.88. The van der Waals surface area contributed by atoms with Gasteiger partial charge >= 0.3 is 5.97 Å². The van der Waals surface area contributed by atoms with Crippen molar-refractivity contribution in [2.75, 3.05) is 16.6 Å². The maximum absolute atomic E-state index is 11.9. The smallest absolute Gasteiger partial charge is 0.323 e. The van der Waals surface area contributed by atoms with Gasteiger partial charge in [-0.05, 0) is 12.5 Å². The van der Waals surface area contributed by atoms with Crippen LogP contribution in [0.25, 0.3) is 0 Å². The first kappa shape index (κ1) is 11.6. The van der Waals surface area contributed by atoms with Crippen molar-refractivity contribution in [3.8, 4) is 0 Å².